The van der Waals surface area contributed by atoms with Crippen LogP contribution in [0.4, 0.5) is 17.2 Å². The number of amides is 8. The van der Waals surface area contributed by atoms with Gasteiger partial charge in [-0.1, -0.05) is 18.2 Å². The first kappa shape index (κ1) is 42.7. The number of nitrogens with zero attached hydrogens (tertiary/aromatic N) is 6. The van der Waals surface area contributed by atoms with Crippen LogP contribution in [0.5, 0.6) is 5.75 Å². The first-order chi connectivity index (χ1) is 31.0. The van der Waals surface area contributed by atoms with Gasteiger partial charge in [-0.15, -0.1) is 0 Å². The van der Waals surface area contributed by atoms with Gasteiger partial charge in [0.15, 0.2) is 6.61 Å². The second kappa shape index (κ2) is 18.9. The molecule has 2 fully saturated rings. The van der Waals surface area contributed by atoms with Gasteiger partial charge in [-0.2, -0.15) is 5.10 Å². The van der Waals surface area contributed by atoms with Crippen LogP contribution < -0.4 is 31.3 Å². The number of aromatic nitrogens is 5. The van der Waals surface area contributed by atoms with E-state index in [-0.39, 0.29) is 79.1 Å². The number of ether oxygens (including phenoxy) is 1. The van der Waals surface area contributed by atoms with Crippen molar-refractivity contribution in [3.63, 3.8) is 0 Å². The largest absolute Gasteiger partial charge is 0.483 e. The van der Waals surface area contributed by atoms with Crippen molar-refractivity contribution in [3.8, 4) is 5.75 Å². The number of carbonyl (C=O) groups is 8. The minimum atomic E-state index is -1.14. The first-order valence-electron chi connectivity index (χ1n) is 20.5. The van der Waals surface area contributed by atoms with Gasteiger partial charge in [-0.3, -0.25) is 58.6 Å². The van der Waals surface area contributed by atoms with Crippen LogP contribution in [0.15, 0.2) is 67.3 Å². The molecule has 8 amide bonds. The molecule has 0 radical (unpaired) electrons. The molecule has 0 aliphatic carbocycles. The van der Waals surface area contributed by atoms with E-state index in [0.29, 0.717) is 55.6 Å². The van der Waals surface area contributed by atoms with E-state index in [1.807, 2.05) is 30.3 Å². The van der Waals surface area contributed by atoms with Crippen molar-refractivity contribution < 1.29 is 43.1 Å². The summed E-state index contributed by atoms with van der Waals surface area (Å²) in [6.07, 6.45) is 4.70. The maximum Gasteiger partial charge on any atom is 0.275 e. The molecule has 7 N–H and O–H groups in total. The van der Waals surface area contributed by atoms with Crippen molar-refractivity contribution >= 4 is 75.5 Å². The number of anilines is 3. The van der Waals surface area contributed by atoms with Gasteiger partial charge in [0.1, 0.15) is 35.3 Å². The zero-order chi connectivity index (χ0) is 44.7. The van der Waals surface area contributed by atoms with Crippen molar-refractivity contribution in [2.45, 2.75) is 38.3 Å². The molecule has 22 heteroatoms. The molecule has 3 aliphatic rings. The second-order valence-electron chi connectivity index (χ2n) is 15.2. The summed E-state index contributed by atoms with van der Waals surface area (Å²) in [4.78, 5) is 117. The fourth-order valence-corrected chi connectivity index (χ4v) is 7.62. The number of aromatic amines is 2. The average Bonchev–Trinajstić information content (AvgIpc) is 4.04. The lowest BCUT2D eigenvalue weighted by molar-refractivity contribution is -0.136. The number of piperazine rings is 1. The number of H-pyrrole nitrogens is 2. The van der Waals surface area contributed by atoms with Crippen molar-refractivity contribution in [1.29, 1.82) is 0 Å². The Kier molecular flexibility index (Phi) is 12.6. The molecule has 3 aromatic heterocycles. The first-order valence-corrected chi connectivity index (χ1v) is 20.5. The SMILES string of the molecule is O=C(CCC(=O)N1CCN(Cc2ccc(NC(=O)c3[nH]ncc3Nc3ncnc4[nH]ccc34)cc2)CC1)NCCNC(=O)COc1cccc2c1C(=O)N(C1CCC(=O)NC1=O)C2=O. The molecule has 2 saturated heterocycles. The Bertz CT molecular complexity index is 2640. The summed E-state index contributed by atoms with van der Waals surface area (Å²) in [5.74, 6) is -3.55. The van der Waals surface area contributed by atoms with E-state index >= 15 is 0 Å². The summed E-state index contributed by atoms with van der Waals surface area (Å²) >= 11 is 0. The molecule has 5 aromatic rings. The smallest absolute Gasteiger partial charge is 0.275 e. The molecular weight excluding hydrogens is 831 g/mol. The summed E-state index contributed by atoms with van der Waals surface area (Å²) in [5, 5.41) is 21.0. The maximum absolute atomic E-state index is 13.2. The lowest BCUT2D eigenvalue weighted by Gasteiger charge is -2.34. The summed E-state index contributed by atoms with van der Waals surface area (Å²) in [6.45, 7) is 2.67. The van der Waals surface area contributed by atoms with Crippen LogP contribution in [0, 0.1) is 0 Å². The molecule has 0 spiro atoms. The van der Waals surface area contributed by atoms with Gasteiger partial charge < -0.3 is 35.9 Å². The third-order valence-electron chi connectivity index (χ3n) is 10.9. The Hall–Kier alpha value is -8.01. The van der Waals surface area contributed by atoms with Crippen LogP contribution in [0.25, 0.3) is 11.0 Å². The average molecular weight is 874 g/mol. The summed E-state index contributed by atoms with van der Waals surface area (Å²) in [6, 6.07) is 12.6. The number of rotatable bonds is 16. The quantitative estimate of drug-likeness (QED) is 0.0534. The Morgan fingerprint density at radius 1 is 0.859 bits per heavy atom. The van der Waals surface area contributed by atoms with E-state index in [1.54, 1.807) is 11.1 Å². The van der Waals surface area contributed by atoms with Crippen LogP contribution in [-0.4, -0.2) is 139 Å². The number of imide groups is 2. The molecule has 0 bridgehead atoms. The maximum atomic E-state index is 13.2. The van der Waals surface area contributed by atoms with Crippen molar-refractivity contribution in [2.75, 3.05) is 56.5 Å². The number of hydrogen-bond donors (Lipinski definition) is 7. The van der Waals surface area contributed by atoms with Crippen LogP contribution in [0.2, 0.25) is 0 Å². The molecule has 330 valence electrons. The number of piperidine rings is 1. The van der Waals surface area contributed by atoms with Crippen LogP contribution in [-0.2, 0) is 30.5 Å². The van der Waals surface area contributed by atoms with Gasteiger partial charge in [0, 0.05) is 77.0 Å². The van der Waals surface area contributed by atoms with E-state index in [1.165, 1.54) is 30.7 Å². The van der Waals surface area contributed by atoms with Gasteiger partial charge in [0.05, 0.1) is 28.4 Å². The molecule has 0 saturated carbocycles. The summed E-state index contributed by atoms with van der Waals surface area (Å²) in [5.41, 5.74) is 2.95. The van der Waals surface area contributed by atoms with Crippen LogP contribution in [0.1, 0.15) is 62.5 Å². The highest BCUT2D eigenvalue weighted by atomic mass is 16.5. The Morgan fingerprint density at radius 2 is 1.64 bits per heavy atom. The standard InChI is InChI=1S/C42H43N13O9/c56-31(43-14-15-44-33(58)22-64-30-3-1-2-26-35(30)42(63)55(41(26)62)29-8-9-32(57)51-39(29)60)10-11-34(59)54-18-16-53(17-19-54)21-24-4-6-25(7-5-24)49-40(61)36-28(20-48-52-36)50-38-27-12-13-45-37(27)46-23-47-38/h1-7,12-13,20,23,29H,8-11,14-19,21-22H2,(H,43,56)(H,44,58)(H,48,52)(H,49,61)(H,51,57,60)(H2,45,46,47,50). The molecule has 1 atom stereocenters. The van der Waals surface area contributed by atoms with E-state index in [0.717, 1.165) is 15.8 Å². The van der Waals surface area contributed by atoms with Gasteiger partial charge in [0.2, 0.25) is 23.6 Å². The normalized spacial score (nSPS) is 16.3. The molecule has 22 nitrogen and oxygen atoms in total. The van der Waals surface area contributed by atoms with Gasteiger partial charge in [-0.05, 0) is 42.3 Å². The van der Waals surface area contributed by atoms with Crippen LogP contribution in [0.3, 0.4) is 0 Å². The third-order valence-corrected chi connectivity index (χ3v) is 10.9. The Balaban J connectivity index is 0.699. The molecule has 6 heterocycles. The van der Waals surface area contributed by atoms with Gasteiger partial charge in [0.25, 0.3) is 23.6 Å². The zero-order valence-electron chi connectivity index (χ0n) is 34.3. The predicted octanol–water partition coefficient (Wildman–Crippen LogP) is 0.814. The zero-order valence-corrected chi connectivity index (χ0v) is 34.3. The Morgan fingerprint density at radius 3 is 2.42 bits per heavy atom. The molecule has 64 heavy (non-hydrogen) atoms. The third kappa shape index (κ3) is 9.55. The second-order valence-corrected chi connectivity index (χ2v) is 15.2. The Labute approximate surface area is 363 Å². The van der Waals surface area contributed by atoms with Crippen LogP contribution >= 0.6 is 0 Å². The monoisotopic (exact) mass is 873 g/mol. The highest BCUT2D eigenvalue weighted by molar-refractivity contribution is 6.24. The minimum absolute atomic E-state index is 0.00488. The molecule has 1 unspecified atom stereocenters. The van der Waals surface area contributed by atoms with Gasteiger partial charge >= 0.3 is 0 Å². The number of nitrogens with one attached hydrogen (secondary N) is 7. The van der Waals surface area contributed by atoms with Crippen molar-refractivity contribution in [3.05, 3.63) is 89.6 Å². The van der Waals surface area contributed by atoms with E-state index < -0.39 is 42.2 Å². The minimum Gasteiger partial charge on any atom is -0.483 e. The topological polar surface area (TPSA) is 286 Å². The molecule has 8 rings (SSSR count). The number of carbonyl (C=O) groups excluding carboxylic acids is 8. The number of hydrogen-bond acceptors (Lipinski definition) is 14. The number of fused-ring (bicyclic) bond motifs is 2. The molecule has 2 aromatic carbocycles. The number of benzene rings is 2. The van der Waals surface area contributed by atoms with Gasteiger partial charge in [-0.25, -0.2) is 9.97 Å². The molecule has 3 aliphatic heterocycles. The highest BCUT2D eigenvalue weighted by Crippen LogP contribution is 2.33. The molecular formula is C42H43N13O9. The lowest BCUT2D eigenvalue weighted by atomic mass is 10.0. The lowest BCUT2D eigenvalue weighted by Crippen LogP contribution is -2.54. The fraction of sp³-hybridized carbons (Fsp3) is 0.310. The van der Waals surface area contributed by atoms with E-state index in [2.05, 4.69) is 56.6 Å². The van der Waals surface area contributed by atoms with Crippen molar-refractivity contribution in [2.24, 2.45) is 0 Å². The van der Waals surface area contributed by atoms with Crippen molar-refractivity contribution in [1.82, 2.24) is 55.8 Å². The van der Waals surface area contributed by atoms with E-state index in [4.69, 9.17) is 4.74 Å². The fourth-order valence-electron chi connectivity index (χ4n) is 7.62. The summed E-state index contributed by atoms with van der Waals surface area (Å²) < 4.78 is 5.58. The predicted molar refractivity (Wildman–Crippen MR) is 226 cm³/mol. The highest BCUT2D eigenvalue weighted by Gasteiger charge is 2.46. The van der Waals surface area contributed by atoms with E-state index in [9.17, 15) is 38.4 Å². The summed E-state index contributed by atoms with van der Waals surface area (Å²) in [7, 11) is 0.